The molecular weight excluding hydrogens is 172 g/mol. The number of hydrogen-bond acceptors (Lipinski definition) is 2. The third kappa shape index (κ3) is 3.02. The molecule has 0 radical (unpaired) electrons. The van der Waals surface area contributed by atoms with E-state index in [2.05, 4.69) is 25.8 Å². The smallest absolute Gasteiger partial charge is 0.126 e. The van der Waals surface area contributed by atoms with E-state index in [1.165, 1.54) is 24.0 Å². The van der Waals surface area contributed by atoms with Gasteiger partial charge in [0.05, 0.1) is 0 Å². The van der Waals surface area contributed by atoms with E-state index < -0.39 is 0 Å². The SMILES string of the molecule is Cc1ccnc(N)c1CCCC(C)C. The summed E-state index contributed by atoms with van der Waals surface area (Å²) in [6, 6.07) is 2.03. The molecule has 0 aromatic carbocycles. The lowest BCUT2D eigenvalue weighted by molar-refractivity contribution is 0.555. The van der Waals surface area contributed by atoms with Crippen LogP contribution in [0.25, 0.3) is 0 Å². The molecule has 0 saturated carbocycles. The fourth-order valence-electron chi connectivity index (χ4n) is 1.62. The molecule has 1 aromatic heterocycles. The number of aromatic nitrogens is 1. The summed E-state index contributed by atoms with van der Waals surface area (Å²) in [6.45, 7) is 6.60. The van der Waals surface area contributed by atoms with Gasteiger partial charge in [-0.25, -0.2) is 4.98 Å². The summed E-state index contributed by atoms with van der Waals surface area (Å²) in [4.78, 5) is 4.12. The maximum Gasteiger partial charge on any atom is 0.126 e. The zero-order chi connectivity index (χ0) is 10.6. The molecule has 2 heteroatoms. The second kappa shape index (κ2) is 4.99. The average Bonchev–Trinajstić information content (AvgIpc) is 2.09. The molecule has 0 amide bonds. The molecule has 1 heterocycles. The molecule has 0 bridgehead atoms. The highest BCUT2D eigenvalue weighted by Crippen LogP contribution is 2.17. The van der Waals surface area contributed by atoms with Crippen molar-refractivity contribution in [1.29, 1.82) is 0 Å². The Hall–Kier alpha value is -1.05. The standard InChI is InChI=1S/C12H20N2/c1-9(2)5-4-6-11-10(3)7-8-14-12(11)13/h7-9H,4-6H2,1-3H3,(H2,13,14). The first kappa shape index (κ1) is 11.0. The van der Waals surface area contributed by atoms with E-state index in [4.69, 9.17) is 5.73 Å². The average molecular weight is 192 g/mol. The number of nitrogen functional groups attached to an aromatic ring is 1. The minimum absolute atomic E-state index is 0.703. The zero-order valence-corrected chi connectivity index (χ0v) is 9.38. The highest BCUT2D eigenvalue weighted by atomic mass is 14.8. The second-order valence-electron chi connectivity index (χ2n) is 4.28. The van der Waals surface area contributed by atoms with Crippen LogP contribution in [0.15, 0.2) is 12.3 Å². The summed E-state index contributed by atoms with van der Waals surface area (Å²) in [5.74, 6) is 1.47. The van der Waals surface area contributed by atoms with E-state index in [0.29, 0.717) is 5.82 Å². The predicted octanol–water partition coefficient (Wildman–Crippen LogP) is 2.95. The number of nitrogens with two attached hydrogens (primary N) is 1. The van der Waals surface area contributed by atoms with Crippen LogP contribution in [0.1, 0.15) is 37.8 Å². The first-order chi connectivity index (χ1) is 6.61. The van der Waals surface area contributed by atoms with Crippen LogP contribution >= 0.6 is 0 Å². The van der Waals surface area contributed by atoms with Gasteiger partial charge < -0.3 is 5.73 Å². The molecule has 1 aromatic rings. The van der Waals surface area contributed by atoms with Crippen LogP contribution in [-0.2, 0) is 6.42 Å². The third-order valence-corrected chi connectivity index (χ3v) is 2.53. The highest BCUT2D eigenvalue weighted by molar-refractivity contribution is 5.43. The Morgan fingerprint density at radius 2 is 2.14 bits per heavy atom. The Kier molecular flexibility index (Phi) is 3.93. The van der Waals surface area contributed by atoms with Crippen molar-refractivity contribution in [1.82, 2.24) is 4.98 Å². The lowest BCUT2D eigenvalue weighted by atomic mass is 10.0. The molecule has 0 unspecified atom stereocenters. The van der Waals surface area contributed by atoms with Gasteiger partial charge in [-0.05, 0) is 42.9 Å². The number of hydrogen-bond donors (Lipinski definition) is 1. The number of nitrogens with zero attached hydrogens (tertiary/aromatic N) is 1. The van der Waals surface area contributed by atoms with E-state index in [9.17, 15) is 0 Å². The Morgan fingerprint density at radius 3 is 2.71 bits per heavy atom. The summed E-state index contributed by atoms with van der Waals surface area (Å²) in [6.07, 6.45) is 5.29. The van der Waals surface area contributed by atoms with Crippen molar-refractivity contribution in [3.63, 3.8) is 0 Å². The maximum absolute atomic E-state index is 5.83. The number of anilines is 1. The molecule has 2 N–H and O–H groups in total. The molecule has 0 saturated heterocycles. The largest absolute Gasteiger partial charge is 0.383 e. The number of pyridine rings is 1. The number of aryl methyl sites for hydroxylation is 1. The summed E-state index contributed by atoms with van der Waals surface area (Å²) >= 11 is 0. The lowest BCUT2D eigenvalue weighted by Gasteiger charge is -2.09. The van der Waals surface area contributed by atoms with Crippen molar-refractivity contribution in [3.8, 4) is 0 Å². The van der Waals surface area contributed by atoms with Crippen LogP contribution in [0.3, 0.4) is 0 Å². The summed E-state index contributed by atoms with van der Waals surface area (Å²) in [5, 5.41) is 0. The van der Waals surface area contributed by atoms with Gasteiger partial charge in [-0.2, -0.15) is 0 Å². The molecule has 14 heavy (non-hydrogen) atoms. The van der Waals surface area contributed by atoms with Crippen LogP contribution in [0.2, 0.25) is 0 Å². The van der Waals surface area contributed by atoms with Crippen molar-refractivity contribution in [2.75, 3.05) is 5.73 Å². The molecular formula is C12H20N2. The molecule has 2 nitrogen and oxygen atoms in total. The predicted molar refractivity (Wildman–Crippen MR) is 61.2 cm³/mol. The van der Waals surface area contributed by atoms with Gasteiger partial charge in [0.2, 0.25) is 0 Å². The van der Waals surface area contributed by atoms with Crippen LogP contribution in [0, 0.1) is 12.8 Å². The van der Waals surface area contributed by atoms with Gasteiger partial charge >= 0.3 is 0 Å². The maximum atomic E-state index is 5.83. The van der Waals surface area contributed by atoms with Gasteiger partial charge in [-0.15, -0.1) is 0 Å². The molecule has 0 aliphatic carbocycles. The third-order valence-electron chi connectivity index (χ3n) is 2.53. The van der Waals surface area contributed by atoms with Crippen LogP contribution < -0.4 is 5.73 Å². The van der Waals surface area contributed by atoms with E-state index in [1.54, 1.807) is 6.20 Å². The monoisotopic (exact) mass is 192 g/mol. The van der Waals surface area contributed by atoms with Gasteiger partial charge in [0.25, 0.3) is 0 Å². The molecule has 1 rings (SSSR count). The Balaban J connectivity index is 2.58. The van der Waals surface area contributed by atoms with E-state index in [0.717, 1.165) is 12.3 Å². The van der Waals surface area contributed by atoms with E-state index >= 15 is 0 Å². The molecule has 0 spiro atoms. The highest BCUT2D eigenvalue weighted by Gasteiger charge is 2.04. The molecule has 0 aliphatic heterocycles. The quantitative estimate of drug-likeness (QED) is 0.796. The first-order valence-electron chi connectivity index (χ1n) is 5.31. The minimum Gasteiger partial charge on any atom is -0.383 e. The van der Waals surface area contributed by atoms with Crippen LogP contribution in [0.4, 0.5) is 5.82 Å². The summed E-state index contributed by atoms with van der Waals surface area (Å²) in [5.41, 5.74) is 8.32. The van der Waals surface area contributed by atoms with Gasteiger partial charge in [-0.3, -0.25) is 0 Å². The van der Waals surface area contributed by atoms with Crippen molar-refractivity contribution in [2.45, 2.75) is 40.0 Å². The van der Waals surface area contributed by atoms with Crippen molar-refractivity contribution >= 4 is 5.82 Å². The molecule has 0 atom stereocenters. The van der Waals surface area contributed by atoms with Crippen molar-refractivity contribution < 1.29 is 0 Å². The van der Waals surface area contributed by atoms with E-state index in [1.807, 2.05) is 6.07 Å². The van der Waals surface area contributed by atoms with Crippen LogP contribution in [0.5, 0.6) is 0 Å². The van der Waals surface area contributed by atoms with Gasteiger partial charge in [0.15, 0.2) is 0 Å². The van der Waals surface area contributed by atoms with E-state index in [-0.39, 0.29) is 0 Å². The fraction of sp³-hybridized carbons (Fsp3) is 0.583. The molecule has 78 valence electrons. The minimum atomic E-state index is 0.703. The normalized spacial score (nSPS) is 10.9. The molecule has 0 aliphatic rings. The molecule has 0 fully saturated rings. The van der Waals surface area contributed by atoms with Gasteiger partial charge in [0, 0.05) is 6.20 Å². The Labute approximate surface area is 86.5 Å². The fourth-order valence-corrected chi connectivity index (χ4v) is 1.62. The Morgan fingerprint density at radius 1 is 1.43 bits per heavy atom. The van der Waals surface area contributed by atoms with Gasteiger partial charge in [-0.1, -0.05) is 20.3 Å². The lowest BCUT2D eigenvalue weighted by Crippen LogP contribution is -2.01. The van der Waals surface area contributed by atoms with Crippen molar-refractivity contribution in [3.05, 3.63) is 23.4 Å². The van der Waals surface area contributed by atoms with Crippen LogP contribution in [-0.4, -0.2) is 4.98 Å². The van der Waals surface area contributed by atoms with Crippen molar-refractivity contribution in [2.24, 2.45) is 5.92 Å². The second-order valence-corrected chi connectivity index (χ2v) is 4.28. The van der Waals surface area contributed by atoms with Gasteiger partial charge in [0.1, 0.15) is 5.82 Å². The summed E-state index contributed by atoms with van der Waals surface area (Å²) in [7, 11) is 0. The number of rotatable bonds is 4. The zero-order valence-electron chi connectivity index (χ0n) is 9.38. The Bertz CT molecular complexity index is 272. The summed E-state index contributed by atoms with van der Waals surface area (Å²) < 4.78 is 0. The first-order valence-corrected chi connectivity index (χ1v) is 5.31. The topological polar surface area (TPSA) is 38.9 Å².